The van der Waals surface area contributed by atoms with Gasteiger partial charge in [-0.1, -0.05) is 17.2 Å². The van der Waals surface area contributed by atoms with E-state index in [0.717, 1.165) is 10.5 Å². The Morgan fingerprint density at radius 3 is 2.90 bits per heavy atom. The topological polar surface area (TPSA) is 69.6 Å². The molecule has 5 nitrogen and oxygen atoms in total. The van der Waals surface area contributed by atoms with Gasteiger partial charge in [0, 0.05) is 23.5 Å². The molecule has 2 rings (SSSR count). The van der Waals surface area contributed by atoms with E-state index < -0.39 is 5.97 Å². The van der Waals surface area contributed by atoms with Crippen molar-refractivity contribution < 1.29 is 14.7 Å². The Kier molecular flexibility index (Phi) is 4.80. The molecule has 1 aromatic heterocycles. The third kappa shape index (κ3) is 3.59. The summed E-state index contributed by atoms with van der Waals surface area (Å²) in [6.07, 6.45) is 0.459. The molecule has 108 valence electrons. The van der Waals surface area contributed by atoms with Gasteiger partial charge in [0.15, 0.2) is 0 Å². The zero-order valence-corrected chi connectivity index (χ0v) is 12.6. The first-order valence-electron chi connectivity index (χ1n) is 6.17. The summed E-state index contributed by atoms with van der Waals surface area (Å²) in [5.41, 5.74) is 4.26. The summed E-state index contributed by atoms with van der Waals surface area (Å²) in [4.78, 5) is 24.0. The van der Waals surface area contributed by atoms with Gasteiger partial charge >= 0.3 is 5.97 Å². The fraction of sp³-hybridized carbons (Fsp3) is 0.385. The summed E-state index contributed by atoms with van der Waals surface area (Å²) in [5, 5.41) is 10.3. The third-order valence-electron chi connectivity index (χ3n) is 3.13. The largest absolute Gasteiger partial charge is 0.481 e. The fourth-order valence-corrected chi connectivity index (χ4v) is 3.05. The van der Waals surface area contributed by atoms with Gasteiger partial charge in [0.2, 0.25) is 0 Å². The van der Waals surface area contributed by atoms with E-state index >= 15 is 0 Å². The highest BCUT2D eigenvalue weighted by atomic mass is 35.5. The average Bonchev–Trinajstić information content (AvgIpc) is 2.79. The van der Waals surface area contributed by atoms with Gasteiger partial charge in [0.25, 0.3) is 5.91 Å². The van der Waals surface area contributed by atoms with Crippen LogP contribution in [0.3, 0.4) is 0 Å². The van der Waals surface area contributed by atoms with Crippen molar-refractivity contribution in [2.24, 2.45) is 0 Å². The molecule has 0 fully saturated rings. The minimum atomic E-state index is -0.986. The van der Waals surface area contributed by atoms with Crippen LogP contribution in [0.15, 0.2) is 23.3 Å². The molecule has 20 heavy (non-hydrogen) atoms. The number of nitrogens with zero attached hydrogens (tertiary/aromatic N) is 1. The minimum absolute atomic E-state index is 0.228. The van der Waals surface area contributed by atoms with E-state index in [-0.39, 0.29) is 12.3 Å². The second-order valence-electron chi connectivity index (χ2n) is 4.58. The SMILES string of the molecule is CC1=C(CC(=O)O)C(=O)N(NCc2ccc(Cl)s2)CC1. The molecule has 0 bridgehead atoms. The van der Waals surface area contributed by atoms with Gasteiger partial charge in [-0.05, 0) is 25.5 Å². The van der Waals surface area contributed by atoms with Crippen molar-refractivity contribution in [3.8, 4) is 0 Å². The number of hydrazine groups is 1. The fourth-order valence-electron chi connectivity index (χ4n) is 2.03. The Morgan fingerprint density at radius 1 is 1.55 bits per heavy atom. The maximum Gasteiger partial charge on any atom is 0.308 e. The Labute approximate surface area is 125 Å². The Bertz CT molecular complexity index is 568. The molecular weight excluding hydrogens is 300 g/mol. The molecule has 2 heterocycles. The maximum atomic E-state index is 12.2. The van der Waals surface area contributed by atoms with Gasteiger partial charge in [-0.2, -0.15) is 0 Å². The van der Waals surface area contributed by atoms with E-state index in [1.54, 1.807) is 6.07 Å². The van der Waals surface area contributed by atoms with Gasteiger partial charge in [0.05, 0.1) is 10.8 Å². The zero-order valence-electron chi connectivity index (χ0n) is 11.0. The van der Waals surface area contributed by atoms with E-state index in [9.17, 15) is 9.59 Å². The molecule has 0 radical (unpaired) electrons. The molecule has 2 N–H and O–H groups in total. The standard InChI is InChI=1S/C13H15ClN2O3S/c1-8-4-5-16(13(19)10(8)6-12(17)18)15-7-9-2-3-11(14)20-9/h2-3,15H,4-7H2,1H3,(H,17,18). The summed E-state index contributed by atoms with van der Waals surface area (Å²) in [5.74, 6) is -1.24. The van der Waals surface area contributed by atoms with Crippen molar-refractivity contribution >= 4 is 34.8 Å². The summed E-state index contributed by atoms with van der Waals surface area (Å²) in [7, 11) is 0. The first kappa shape index (κ1) is 15.0. The molecule has 0 spiro atoms. The maximum absolute atomic E-state index is 12.2. The number of carboxylic acids is 1. The number of rotatable bonds is 5. The highest BCUT2D eigenvalue weighted by molar-refractivity contribution is 7.16. The predicted octanol–water partition coefficient (Wildman–Crippen LogP) is 2.43. The smallest absolute Gasteiger partial charge is 0.308 e. The van der Waals surface area contributed by atoms with Crippen LogP contribution in [0.1, 0.15) is 24.6 Å². The highest BCUT2D eigenvalue weighted by Gasteiger charge is 2.26. The normalized spacial score (nSPS) is 15.9. The van der Waals surface area contributed by atoms with E-state index in [2.05, 4.69) is 5.43 Å². The van der Waals surface area contributed by atoms with Crippen molar-refractivity contribution in [3.63, 3.8) is 0 Å². The Balaban J connectivity index is 2.00. The molecule has 0 saturated heterocycles. The van der Waals surface area contributed by atoms with Crippen LogP contribution in [0.5, 0.6) is 0 Å². The van der Waals surface area contributed by atoms with Crippen LogP contribution in [0, 0.1) is 0 Å². The van der Waals surface area contributed by atoms with E-state index in [1.165, 1.54) is 16.3 Å². The van der Waals surface area contributed by atoms with Crippen LogP contribution >= 0.6 is 22.9 Å². The number of hydrogen-bond donors (Lipinski definition) is 2. The summed E-state index contributed by atoms with van der Waals surface area (Å²) in [6.45, 7) is 2.86. The average molecular weight is 315 g/mol. The lowest BCUT2D eigenvalue weighted by Crippen LogP contribution is -2.46. The van der Waals surface area contributed by atoms with E-state index in [1.807, 2.05) is 13.0 Å². The molecule has 0 aromatic carbocycles. The number of nitrogens with one attached hydrogen (secondary N) is 1. The Hall–Kier alpha value is -1.37. The van der Waals surface area contributed by atoms with Gasteiger partial charge in [-0.25, -0.2) is 5.43 Å². The number of carbonyl (C=O) groups excluding carboxylic acids is 1. The first-order chi connectivity index (χ1) is 9.47. The number of thiophene rings is 1. The van der Waals surface area contributed by atoms with Gasteiger partial charge in [0.1, 0.15) is 0 Å². The molecule has 0 unspecified atom stereocenters. The monoisotopic (exact) mass is 314 g/mol. The molecule has 0 saturated carbocycles. The third-order valence-corrected chi connectivity index (χ3v) is 4.36. The summed E-state index contributed by atoms with van der Waals surface area (Å²) >= 11 is 7.30. The molecule has 0 atom stereocenters. The molecule has 7 heteroatoms. The number of carboxylic acid groups (broad SMARTS) is 1. The van der Waals surface area contributed by atoms with Crippen LogP contribution in [-0.4, -0.2) is 28.5 Å². The molecule has 1 aromatic rings. The van der Waals surface area contributed by atoms with E-state index in [0.29, 0.717) is 29.4 Å². The van der Waals surface area contributed by atoms with Gasteiger partial charge in [-0.3, -0.25) is 14.6 Å². The van der Waals surface area contributed by atoms with Crippen molar-refractivity contribution in [1.29, 1.82) is 0 Å². The van der Waals surface area contributed by atoms with Crippen molar-refractivity contribution in [3.05, 3.63) is 32.5 Å². The van der Waals surface area contributed by atoms with Gasteiger partial charge in [-0.15, -0.1) is 11.3 Å². The molecule has 1 aliphatic rings. The lowest BCUT2D eigenvalue weighted by molar-refractivity contribution is -0.139. The molecule has 1 aliphatic heterocycles. The van der Waals surface area contributed by atoms with Gasteiger partial charge < -0.3 is 5.11 Å². The van der Waals surface area contributed by atoms with Crippen LogP contribution in [-0.2, 0) is 16.1 Å². The number of aliphatic carboxylic acids is 1. The highest BCUT2D eigenvalue weighted by Crippen LogP contribution is 2.23. The predicted molar refractivity (Wildman–Crippen MR) is 77.5 cm³/mol. The van der Waals surface area contributed by atoms with Crippen molar-refractivity contribution in [2.45, 2.75) is 26.3 Å². The Morgan fingerprint density at radius 2 is 2.30 bits per heavy atom. The zero-order chi connectivity index (χ0) is 14.7. The number of hydrogen-bond acceptors (Lipinski definition) is 4. The van der Waals surface area contributed by atoms with Crippen LogP contribution in [0.4, 0.5) is 0 Å². The van der Waals surface area contributed by atoms with Crippen molar-refractivity contribution in [2.75, 3.05) is 6.54 Å². The second kappa shape index (κ2) is 6.39. The van der Waals surface area contributed by atoms with Crippen LogP contribution in [0.2, 0.25) is 4.34 Å². The molecule has 1 amide bonds. The van der Waals surface area contributed by atoms with Crippen LogP contribution in [0.25, 0.3) is 0 Å². The summed E-state index contributed by atoms with van der Waals surface area (Å²) < 4.78 is 0.703. The molecule has 0 aliphatic carbocycles. The number of amides is 1. The minimum Gasteiger partial charge on any atom is -0.481 e. The first-order valence-corrected chi connectivity index (χ1v) is 7.37. The number of carbonyl (C=O) groups is 2. The lowest BCUT2D eigenvalue weighted by atomic mass is 9.99. The van der Waals surface area contributed by atoms with E-state index in [4.69, 9.17) is 16.7 Å². The second-order valence-corrected chi connectivity index (χ2v) is 6.38. The van der Waals surface area contributed by atoms with Crippen molar-refractivity contribution in [1.82, 2.24) is 10.4 Å². The number of halogens is 1. The summed E-state index contributed by atoms with van der Waals surface area (Å²) in [6, 6.07) is 3.70. The molecular formula is C13H15ClN2O3S. The quantitative estimate of drug-likeness (QED) is 0.875. The lowest BCUT2D eigenvalue weighted by Gasteiger charge is -2.29. The van der Waals surface area contributed by atoms with Crippen LogP contribution < -0.4 is 5.43 Å².